The van der Waals surface area contributed by atoms with E-state index in [4.69, 9.17) is 38.3 Å². The zero-order valence-electron chi connectivity index (χ0n) is 15.6. The van der Waals surface area contributed by atoms with Crippen LogP contribution in [-0.2, 0) is 38.0 Å². The summed E-state index contributed by atoms with van der Waals surface area (Å²) in [5.74, 6) is -0.472. The number of esters is 1. The minimum atomic E-state index is -0.472. The van der Waals surface area contributed by atoms with E-state index in [-0.39, 0.29) is 13.4 Å². The number of hydrogen-bond acceptors (Lipinski definition) is 9. The van der Waals surface area contributed by atoms with E-state index in [2.05, 4.69) is 6.58 Å². The minimum Gasteiger partial charge on any atom is -0.435 e. The van der Waals surface area contributed by atoms with Gasteiger partial charge in [0.2, 0.25) is 0 Å². The number of ether oxygens (including phenoxy) is 7. The highest BCUT2D eigenvalue weighted by Gasteiger charge is 2.01. The highest BCUT2D eigenvalue weighted by molar-refractivity contribution is 5.86. The molecule has 0 unspecified atom stereocenters. The van der Waals surface area contributed by atoms with Gasteiger partial charge in [-0.1, -0.05) is 6.58 Å². The Morgan fingerprint density at radius 3 is 1.38 bits per heavy atom. The van der Waals surface area contributed by atoms with Gasteiger partial charge in [-0.25, -0.2) is 4.79 Å². The molecule has 0 saturated heterocycles. The lowest BCUT2D eigenvalue weighted by molar-refractivity contribution is -0.152. The molecule has 0 amide bonds. The van der Waals surface area contributed by atoms with Crippen LogP contribution in [0, 0.1) is 0 Å². The number of hydrogen-bond donors (Lipinski definition) is 1. The van der Waals surface area contributed by atoms with Crippen LogP contribution < -0.4 is 0 Å². The standard InChI is InChI=1S/C17H32O9/c1-16(2)17(19)26-15-25-14-13-24-12-11-23-10-9-22-8-7-21-6-5-20-4-3-18/h18H,1,3-15H2,2H3. The predicted octanol–water partition coefficient (Wildman–Crippen LogP) is 0.155. The molecule has 154 valence electrons. The van der Waals surface area contributed by atoms with Crippen LogP contribution in [0.2, 0.25) is 0 Å². The molecule has 0 heterocycles. The lowest BCUT2D eigenvalue weighted by Crippen LogP contribution is -2.15. The van der Waals surface area contributed by atoms with E-state index in [1.807, 2.05) is 0 Å². The van der Waals surface area contributed by atoms with Crippen LogP contribution >= 0.6 is 0 Å². The Morgan fingerprint density at radius 1 is 0.692 bits per heavy atom. The zero-order valence-corrected chi connectivity index (χ0v) is 15.6. The summed E-state index contributed by atoms with van der Waals surface area (Å²) in [6.45, 7) is 9.82. The largest absolute Gasteiger partial charge is 0.435 e. The molecule has 0 atom stereocenters. The summed E-state index contributed by atoms with van der Waals surface area (Å²) in [6.07, 6.45) is 0. The third-order valence-corrected chi connectivity index (χ3v) is 2.72. The number of aliphatic hydroxyl groups is 1. The van der Waals surface area contributed by atoms with Crippen molar-refractivity contribution in [3.8, 4) is 0 Å². The van der Waals surface area contributed by atoms with Crippen molar-refractivity contribution in [2.24, 2.45) is 0 Å². The smallest absolute Gasteiger partial charge is 0.335 e. The van der Waals surface area contributed by atoms with Gasteiger partial charge in [-0.2, -0.15) is 0 Å². The van der Waals surface area contributed by atoms with E-state index in [0.717, 1.165) is 0 Å². The first-order valence-electron chi connectivity index (χ1n) is 8.58. The Morgan fingerprint density at radius 2 is 1.04 bits per heavy atom. The van der Waals surface area contributed by atoms with Crippen LogP contribution in [0.1, 0.15) is 6.92 Å². The zero-order chi connectivity index (χ0) is 19.3. The molecule has 0 bridgehead atoms. The Labute approximate surface area is 155 Å². The summed E-state index contributed by atoms with van der Waals surface area (Å²) >= 11 is 0. The molecule has 0 aliphatic rings. The molecule has 26 heavy (non-hydrogen) atoms. The monoisotopic (exact) mass is 380 g/mol. The van der Waals surface area contributed by atoms with Crippen LogP contribution in [-0.4, -0.2) is 97.2 Å². The Hall–Kier alpha value is -1.07. The molecule has 0 rings (SSSR count). The van der Waals surface area contributed by atoms with Crippen LogP contribution in [0.15, 0.2) is 12.2 Å². The van der Waals surface area contributed by atoms with Gasteiger partial charge in [0.1, 0.15) is 0 Å². The molecular weight excluding hydrogens is 348 g/mol. The molecule has 0 aliphatic heterocycles. The van der Waals surface area contributed by atoms with E-state index >= 15 is 0 Å². The summed E-state index contributed by atoms with van der Waals surface area (Å²) in [5.41, 5.74) is 0.336. The van der Waals surface area contributed by atoms with Crippen molar-refractivity contribution in [3.05, 3.63) is 12.2 Å². The lowest BCUT2D eigenvalue weighted by atomic mass is 10.4. The fraction of sp³-hybridized carbons (Fsp3) is 0.824. The van der Waals surface area contributed by atoms with Gasteiger partial charge in [0.05, 0.1) is 79.3 Å². The maximum absolute atomic E-state index is 11.0. The van der Waals surface area contributed by atoms with Gasteiger partial charge < -0.3 is 38.3 Å². The van der Waals surface area contributed by atoms with Crippen LogP contribution in [0.5, 0.6) is 0 Å². The molecular formula is C17H32O9. The average molecular weight is 380 g/mol. The first-order chi connectivity index (χ1) is 12.7. The lowest BCUT2D eigenvalue weighted by Gasteiger charge is -2.08. The van der Waals surface area contributed by atoms with Crippen molar-refractivity contribution >= 4 is 5.97 Å². The first kappa shape index (κ1) is 24.9. The van der Waals surface area contributed by atoms with Crippen molar-refractivity contribution in [2.75, 3.05) is 86.1 Å². The number of aliphatic hydroxyl groups excluding tert-OH is 1. The Kier molecular flexibility index (Phi) is 19.4. The SMILES string of the molecule is C=C(C)C(=O)OCOCCOCCOCCOCCOCCOCCO. The number of rotatable bonds is 20. The normalized spacial score (nSPS) is 10.8. The predicted molar refractivity (Wildman–Crippen MR) is 92.9 cm³/mol. The van der Waals surface area contributed by atoms with E-state index in [1.54, 1.807) is 6.92 Å². The quantitative estimate of drug-likeness (QED) is 0.137. The third-order valence-electron chi connectivity index (χ3n) is 2.72. The van der Waals surface area contributed by atoms with Crippen molar-refractivity contribution in [2.45, 2.75) is 6.92 Å². The van der Waals surface area contributed by atoms with E-state index in [0.29, 0.717) is 78.2 Å². The topological polar surface area (TPSA) is 102 Å². The maximum atomic E-state index is 11.0. The van der Waals surface area contributed by atoms with Crippen molar-refractivity contribution in [3.63, 3.8) is 0 Å². The van der Waals surface area contributed by atoms with Gasteiger partial charge >= 0.3 is 5.97 Å². The van der Waals surface area contributed by atoms with Gasteiger partial charge in [0.15, 0.2) is 6.79 Å². The number of carbonyl (C=O) groups is 1. The number of carbonyl (C=O) groups excluding carboxylic acids is 1. The van der Waals surface area contributed by atoms with Gasteiger partial charge in [0, 0.05) is 5.57 Å². The highest BCUT2D eigenvalue weighted by atomic mass is 16.7. The molecule has 0 spiro atoms. The van der Waals surface area contributed by atoms with Gasteiger partial charge in [-0.3, -0.25) is 0 Å². The van der Waals surface area contributed by atoms with Gasteiger partial charge in [-0.05, 0) is 6.92 Å². The molecule has 0 saturated carbocycles. The maximum Gasteiger partial charge on any atom is 0.335 e. The molecule has 0 radical (unpaired) electrons. The Balaban J connectivity index is 3.05. The second-order valence-electron chi connectivity index (χ2n) is 5.02. The fourth-order valence-electron chi connectivity index (χ4n) is 1.44. The molecule has 0 aromatic rings. The van der Waals surface area contributed by atoms with Crippen molar-refractivity contribution in [1.29, 1.82) is 0 Å². The van der Waals surface area contributed by atoms with Gasteiger partial charge in [0.25, 0.3) is 0 Å². The van der Waals surface area contributed by atoms with Crippen molar-refractivity contribution < 1.29 is 43.1 Å². The molecule has 0 aromatic carbocycles. The van der Waals surface area contributed by atoms with Gasteiger partial charge in [-0.15, -0.1) is 0 Å². The highest BCUT2D eigenvalue weighted by Crippen LogP contribution is 1.92. The van der Waals surface area contributed by atoms with Crippen LogP contribution in [0.25, 0.3) is 0 Å². The summed E-state index contributed by atoms with van der Waals surface area (Å²) < 4.78 is 36.1. The molecule has 0 aliphatic carbocycles. The minimum absolute atomic E-state index is 0.0227. The van der Waals surface area contributed by atoms with Crippen LogP contribution in [0.3, 0.4) is 0 Å². The van der Waals surface area contributed by atoms with Crippen molar-refractivity contribution in [1.82, 2.24) is 0 Å². The summed E-state index contributed by atoms with van der Waals surface area (Å²) in [7, 11) is 0. The second-order valence-corrected chi connectivity index (χ2v) is 5.02. The molecule has 9 heteroatoms. The summed E-state index contributed by atoms with van der Waals surface area (Å²) in [5, 5.41) is 8.50. The molecule has 0 aromatic heterocycles. The second kappa shape index (κ2) is 20.2. The Bertz CT molecular complexity index is 336. The van der Waals surface area contributed by atoms with Crippen LogP contribution in [0.4, 0.5) is 0 Å². The van der Waals surface area contributed by atoms with E-state index in [9.17, 15) is 4.79 Å². The van der Waals surface area contributed by atoms with E-state index < -0.39 is 5.97 Å². The average Bonchev–Trinajstić information content (AvgIpc) is 2.63. The first-order valence-corrected chi connectivity index (χ1v) is 8.58. The third kappa shape index (κ3) is 19.3. The summed E-state index contributed by atoms with van der Waals surface area (Å²) in [6, 6.07) is 0. The molecule has 1 N–H and O–H groups in total. The van der Waals surface area contributed by atoms with E-state index in [1.165, 1.54) is 0 Å². The fourth-order valence-corrected chi connectivity index (χ4v) is 1.44. The summed E-state index contributed by atoms with van der Waals surface area (Å²) in [4.78, 5) is 11.0. The molecule has 9 nitrogen and oxygen atoms in total. The molecule has 0 fully saturated rings.